The van der Waals surface area contributed by atoms with Crippen molar-refractivity contribution in [1.29, 1.82) is 0 Å². The number of aliphatic carboxylic acids is 1. The third kappa shape index (κ3) is 2.70. The molecule has 0 saturated carbocycles. The van der Waals surface area contributed by atoms with Crippen molar-refractivity contribution >= 4 is 23.5 Å². The average molecular weight is 353 g/mol. The number of carboxylic acid groups (broad SMARTS) is 1. The van der Waals surface area contributed by atoms with Gasteiger partial charge in [-0.05, 0) is 17.7 Å². The first kappa shape index (κ1) is 16.9. The van der Waals surface area contributed by atoms with Crippen LogP contribution in [0.5, 0.6) is 0 Å². The van der Waals surface area contributed by atoms with Crippen molar-refractivity contribution in [3.05, 3.63) is 47.3 Å². The molecule has 1 N–H and O–H groups in total. The minimum Gasteiger partial charge on any atom is -0.481 e. The molecule has 0 bridgehead atoms. The van der Waals surface area contributed by atoms with Gasteiger partial charge in [0.05, 0.1) is 10.9 Å². The van der Waals surface area contributed by atoms with E-state index in [0.717, 1.165) is 5.56 Å². The Morgan fingerprint density at radius 2 is 2.25 bits per heavy atom. The number of fused-ring (bicyclic) bond motifs is 1. The molecule has 2 fully saturated rings. The number of halogens is 2. The second-order valence-electron chi connectivity index (χ2n) is 6.44. The van der Waals surface area contributed by atoms with Gasteiger partial charge in [0.15, 0.2) is 0 Å². The lowest BCUT2D eigenvalue weighted by Crippen LogP contribution is -2.40. The van der Waals surface area contributed by atoms with Crippen LogP contribution < -0.4 is 0 Å². The Kier molecular flexibility index (Phi) is 4.36. The summed E-state index contributed by atoms with van der Waals surface area (Å²) in [5, 5.41) is 9.78. The fourth-order valence-electron chi connectivity index (χ4n) is 3.73. The van der Waals surface area contributed by atoms with Crippen LogP contribution in [0.4, 0.5) is 4.39 Å². The Morgan fingerprint density at radius 3 is 2.83 bits per heavy atom. The molecule has 2 heterocycles. The maximum Gasteiger partial charge on any atom is 0.313 e. The van der Waals surface area contributed by atoms with Gasteiger partial charge in [-0.1, -0.05) is 23.7 Å². The smallest absolute Gasteiger partial charge is 0.313 e. The topological polar surface area (TPSA) is 60.9 Å². The number of carbonyl (C=O) groups excluding carboxylic acids is 1. The third-order valence-electron chi connectivity index (χ3n) is 4.86. The first-order valence-electron chi connectivity index (χ1n) is 7.67. The van der Waals surface area contributed by atoms with Crippen LogP contribution in [-0.2, 0) is 16.1 Å². The number of nitrogens with zero attached hydrogens (tertiary/aromatic N) is 2. The normalized spacial score (nSPS) is 26.7. The molecule has 3 rings (SSSR count). The zero-order chi connectivity index (χ0) is 17.5. The molecular weight excluding hydrogens is 335 g/mol. The number of carboxylic acids is 1. The number of amides is 1. The number of likely N-dealkylation sites (tertiary alicyclic amines) is 2. The van der Waals surface area contributed by atoms with Crippen molar-refractivity contribution in [2.24, 2.45) is 11.3 Å². The van der Waals surface area contributed by atoms with Gasteiger partial charge in [0.1, 0.15) is 11.2 Å². The summed E-state index contributed by atoms with van der Waals surface area (Å²) in [6, 6.07) is 4.44. The van der Waals surface area contributed by atoms with E-state index in [9.17, 15) is 19.1 Å². The molecule has 1 aromatic carbocycles. The number of carbonyl (C=O) groups is 2. The highest BCUT2D eigenvalue weighted by molar-refractivity contribution is 6.30. The van der Waals surface area contributed by atoms with Crippen molar-refractivity contribution in [2.75, 3.05) is 26.2 Å². The van der Waals surface area contributed by atoms with E-state index in [4.69, 9.17) is 11.6 Å². The molecule has 1 amide bonds. The molecule has 24 heavy (non-hydrogen) atoms. The van der Waals surface area contributed by atoms with E-state index >= 15 is 0 Å². The Hall–Kier alpha value is -1.92. The molecule has 0 aromatic heterocycles. The van der Waals surface area contributed by atoms with Gasteiger partial charge in [0.25, 0.3) is 0 Å². The fraction of sp³-hybridized carbons (Fsp3) is 0.412. The highest BCUT2D eigenvalue weighted by Crippen LogP contribution is 2.44. The van der Waals surface area contributed by atoms with Crippen LogP contribution in [0.1, 0.15) is 5.56 Å². The number of rotatable bonds is 5. The molecule has 0 spiro atoms. The Balaban J connectivity index is 1.79. The Bertz CT molecular complexity index is 711. The van der Waals surface area contributed by atoms with Crippen LogP contribution in [0, 0.1) is 17.2 Å². The van der Waals surface area contributed by atoms with Crippen molar-refractivity contribution < 1.29 is 19.1 Å². The summed E-state index contributed by atoms with van der Waals surface area (Å²) in [5.41, 5.74) is -0.304. The molecule has 2 saturated heterocycles. The lowest BCUT2D eigenvalue weighted by Gasteiger charge is -2.24. The second-order valence-corrected chi connectivity index (χ2v) is 6.85. The van der Waals surface area contributed by atoms with E-state index < -0.39 is 23.1 Å². The van der Waals surface area contributed by atoms with Gasteiger partial charge in [-0.25, -0.2) is 4.39 Å². The van der Waals surface area contributed by atoms with E-state index in [0.29, 0.717) is 19.6 Å². The van der Waals surface area contributed by atoms with Crippen molar-refractivity contribution in [3.63, 3.8) is 0 Å². The molecule has 7 heteroatoms. The minimum absolute atomic E-state index is 0.0353. The Labute approximate surface area is 144 Å². The van der Waals surface area contributed by atoms with E-state index in [1.807, 2.05) is 4.90 Å². The van der Waals surface area contributed by atoms with E-state index in [1.54, 1.807) is 17.0 Å². The van der Waals surface area contributed by atoms with Crippen LogP contribution in [0.3, 0.4) is 0 Å². The summed E-state index contributed by atoms with van der Waals surface area (Å²) < 4.78 is 13.3. The Morgan fingerprint density at radius 1 is 1.50 bits per heavy atom. The lowest BCUT2D eigenvalue weighted by atomic mass is 9.81. The molecule has 2 aliphatic heterocycles. The van der Waals surface area contributed by atoms with Gasteiger partial charge < -0.3 is 10.0 Å². The lowest BCUT2D eigenvalue weighted by molar-refractivity contribution is -0.149. The second kappa shape index (κ2) is 6.18. The SMILES string of the molecule is C=CCN1C[C@]2(C(=O)O)CN(Cc3ccc(F)c(Cl)c3)C[C@@H]2C1=O. The van der Waals surface area contributed by atoms with Crippen molar-refractivity contribution in [1.82, 2.24) is 9.80 Å². The molecule has 128 valence electrons. The summed E-state index contributed by atoms with van der Waals surface area (Å²) >= 11 is 5.79. The molecule has 0 aliphatic carbocycles. The van der Waals surface area contributed by atoms with Gasteiger partial charge in [-0.15, -0.1) is 6.58 Å². The predicted octanol–water partition coefficient (Wildman–Crippen LogP) is 2.01. The summed E-state index contributed by atoms with van der Waals surface area (Å²) in [6.45, 7) is 5.24. The maximum atomic E-state index is 13.3. The first-order chi connectivity index (χ1) is 11.4. The molecule has 5 nitrogen and oxygen atoms in total. The number of hydrogen-bond acceptors (Lipinski definition) is 3. The van der Waals surface area contributed by atoms with Crippen LogP contribution in [0.2, 0.25) is 5.02 Å². The van der Waals surface area contributed by atoms with Crippen LogP contribution in [0.15, 0.2) is 30.9 Å². The van der Waals surface area contributed by atoms with Gasteiger partial charge in [0, 0.05) is 32.7 Å². The monoisotopic (exact) mass is 352 g/mol. The quantitative estimate of drug-likeness (QED) is 0.823. The molecule has 1 aromatic rings. The van der Waals surface area contributed by atoms with Crippen molar-refractivity contribution in [2.45, 2.75) is 6.54 Å². The van der Waals surface area contributed by atoms with Gasteiger partial charge in [-0.3, -0.25) is 14.5 Å². The average Bonchev–Trinajstić information content (AvgIpc) is 3.00. The summed E-state index contributed by atoms with van der Waals surface area (Å²) in [7, 11) is 0. The molecular formula is C17H18ClFN2O3. The summed E-state index contributed by atoms with van der Waals surface area (Å²) in [4.78, 5) is 27.9. The standard InChI is InChI=1S/C17H18ClFN2O3/c1-2-5-21-10-17(16(23)24)9-20(8-12(17)15(21)22)7-11-3-4-14(19)13(18)6-11/h2-4,6,12H,1,5,7-10H2,(H,23,24)/t12-,17-/m1/s1. The van der Waals surface area contributed by atoms with Crippen LogP contribution >= 0.6 is 11.6 Å². The first-order valence-corrected chi connectivity index (χ1v) is 8.04. The van der Waals surface area contributed by atoms with E-state index in [-0.39, 0.29) is 24.0 Å². The number of hydrogen-bond donors (Lipinski definition) is 1. The van der Waals surface area contributed by atoms with Crippen LogP contribution in [0.25, 0.3) is 0 Å². The highest BCUT2D eigenvalue weighted by atomic mass is 35.5. The zero-order valence-corrected chi connectivity index (χ0v) is 13.8. The minimum atomic E-state index is -1.09. The van der Waals surface area contributed by atoms with Gasteiger partial charge >= 0.3 is 5.97 Å². The molecule has 2 atom stereocenters. The summed E-state index contributed by atoms with van der Waals surface area (Å²) in [6.07, 6.45) is 1.60. The molecule has 2 aliphatic rings. The summed E-state index contributed by atoms with van der Waals surface area (Å²) in [5.74, 6) is -2.15. The molecule has 0 unspecified atom stereocenters. The van der Waals surface area contributed by atoms with Crippen LogP contribution in [-0.4, -0.2) is 53.0 Å². The van der Waals surface area contributed by atoms with E-state index in [2.05, 4.69) is 6.58 Å². The molecule has 0 radical (unpaired) electrons. The largest absolute Gasteiger partial charge is 0.481 e. The maximum absolute atomic E-state index is 13.3. The third-order valence-corrected chi connectivity index (χ3v) is 5.15. The van der Waals surface area contributed by atoms with Gasteiger partial charge in [0.2, 0.25) is 5.91 Å². The zero-order valence-electron chi connectivity index (χ0n) is 13.0. The fourth-order valence-corrected chi connectivity index (χ4v) is 3.93. The highest BCUT2D eigenvalue weighted by Gasteiger charge is 2.61. The number of benzene rings is 1. The van der Waals surface area contributed by atoms with Crippen molar-refractivity contribution in [3.8, 4) is 0 Å². The van der Waals surface area contributed by atoms with Gasteiger partial charge in [-0.2, -0.15) is 0 Å². The predicted molar refractivity (Wildman–Crippen MR) is 87.0 cm³/mol. The van der Waals surface area contributed by atoms with E-state index in [1.165, 1.54) is 12.1 Å².